The summed E-state index contributed by atoms with van der Waals surface area (Å²) >= 11 is 0. The molecule has 1 aliphatic rings. The third-order valence-corrected chi connectivity index (χ3v) is 3.88. The van der Waals surface area contributed by atoms with Crippen LogP contribution in [0.2, 0.25) is 0 Å². The second-order valence-electron chi connectivity index (χ2n) is 4.76. The monoisotopic (exact) mass is 200 g/mol. The third-order valence-electron chi connectivity index (χ3n) is 3.88. The summed E-state index contributed by atoms with van der Waals surface area (Å²) in [6.45, 7) is 2.53. The second kappa shape index (κ2) is 5.72. The zero-order chi connectivity index (χ0) is 10.4. The van der Waals surface area contributed by atoms with Crippen molar-refractivity contribution in [3.63, 3.8) is 0 Å². The first-order valence-electron chi connectivity index (χ1n) is 6.01. The van der Waals surface area contributed by atoms with Crippen molar-refractivity contribution < 1.29 is 10.2 Å². The summed E-state index contributed by atoms with van der Waals surface area (Å²) < 4.78 is 0. The Morgan fingerprint density at radius 1 is 1.21 bits per heavy atom. The second-order valence-corrected chi connectivity index (χ2v) is 4.76. The summed E-state index contributed by atoms with van der Waals surface area (Å²) in [6, 6.07) is 0. The van der Waals surface area contributed by atoms with Gasteiger partial charge in [0, 0.05) is 5.41 Å². The minimum absolute atomic E-state index is 0.159. The summed E-state index contributed by atoms with van der Waals surface area (Å²) in [5.74, 6) is 0.547. The lowest BCUT2D eigenvalue weighted by Gasteiger charge is -2.42. The van der Waals surface area contributed by atoms with Crippen molar-refractivity contribution in [1.29, 1.82) is 0 Å². The highest BCUT2D eigenvalue weighted by molar-refractivity contribution is 4.88. The van der Waals surface area contributed by atoms with Crippen LogP contribution in [0, 0.1) is 11.3 Å². The molecule has 0 saturated heterocycles. The largest absolute Gasteiger partial charge is 0.396 e. The quantitative estimate of drug-likeness (QED) is 0.715. The maximum Gasteiger partial charge on any atom is 0.0512 e. The maximum atomic E-state index is 9.45. The van der Waals surface area contributed by atoms with Crippen molar-refractivity contribution in [2.24, 2.45) is 11.3 Å². The van der Waals surface area contributed by atoms with Gasteiger partial charge in [-0.3, -0.25) is 0 Å². The van der Waals surface area contributed by atoms with Crippen molar-refractivity contribution in [3.8, 4) is 0 Å². The van der Waals surface area contributed by atoms with Gasteiger partial charge in [-0.2, -0.15) is 0 Å². The average molecular weight is 200 g/mol. The Morgan fingerprint density at radius 2 is 1.93 bits per heavy atom. The van der Waals surface area contributed by atoms with Crippen molar-refractivity contribution in [2.45, 2.75) is 51.9 Å². The molecule has 84 valence electrons. The number of aliphatic hydroxyl groups is 2. The molecular formula is C12H24O2. The molecule has 2 nitrogen and oxygen atoms in total. The third kappa shape index (κ3) is 2.48. The van der Waals surface area contributed by atoms with Crippen molar-refractivity contribution in [2.75, 3.05) is 13.2 Å². The van der Waals surface area contributed by atoms with E-state index in [0.717, 1.165) is 6.42 Å². The zero-order valence-corrected chi connectivity index (χ0v) is 9.34. The lowest BCUT2D eigenvalue weighted by atomic mass is 9.65. The fourth-order valence-electron chi connectivity index (χ4n) is 2.75. The molecule has 1 aliphatic carbocycles. The van der Waals surface area contributed by atoms with Crippen LogP contribution in [0.1, 0.15) is 51.9 Å². The van der Waals surface area contributed by atoms with Gasteiger partial charge in [0.1, 0.15) is 0 Å². The van der Waals surface area contributed by atoms with E-state index in [1.807, 2.05) is 0 Å². The minimum atomic E-state index is -0.159. The van der Waals surface area contributed by atoms with Crippen LogP contribution >= 0.6 is 0 Å². The smallest absolute Gasteiger partial charge is 0.0512 e. The Morgan fingerprint density at radius 3 is 2.50 bits per heavy atom. The standard InChI is InChI=1S/C12H24O2/c1-2-3-6-11-7-4-5-8-12(11,9-13)10-14/h11,13-14H,2-10H2,1H3. The van der Waals surface area contributed by atoms with Crippen LogP contribution in [0.3, 0.4) is 0 Å². The SMILES string of the molecule is CCCCC1CCCCC1(CO)CO. The number of aliphatic hydroxyl groups excluding tert-OH is 2. The van der Waals surface area contributed by atoms with E-state index in [9.17, 15) is 10.2 Å². The molecule has 0 amide bonds. The number of unbranched alkanes of at least 4 members (excludes halogenated alkanes) is 1. The van der Waals surface area contributed by atoms with E-state index in [2.05, 4.69) is 6.92 Å². The van der Waals surface area contributed by atoms with Crippen LogP contribution < -0.4 is 0 Å². The highest BCUT2D eigenvalue weighted by Gasteiger charge is 2.38. The molecule has 0 radical (unpaired) electrons. The number of hydrogen-bond acceptors (Lipinski definition) is 2. The van der Waals surface area contributed by atoms with E-state index < -0.39 is 0 Å². The van der Waals surface area contributed by atoms with E-state index in [1.165, 1.54) is 38.5 Å². The van der Waals surface area contributed by atoms with Crippen molar-refractivity contribution in [3.05, 3.63) is 0 Å². The van der Waals surface area contributed by atoms with Gasteiger partial charge in [-0.1, -0.05) is 32.6 Å². The molecular weight excluding hydrogens is 176 g/mol. The fraction of sp³-hybridized carbons (Fsp3) is 1.00. The molecule has 1 unspecified atom stereocenters. The zero-order valence-electron chi connectivity index (χ0n) is 9.34. The Hall–Kier alpha value is -0.0800. The minimum Gasteiger partial charge on any atom is -0.396 e. The maximum absolute atomic E-state index is 9.45. The molecule has 2 N–H and O–H groups in total. The van der Waals surface area contributed by atoms with Crippen LogP contribution in [0.25, 0.3) is 0 Å². The first kappa shape index (κ1) is 12.0. The van der Waals surface area contributed by atoms with E-state index in [1.54, 1.807) is 0 Å². The molecule has 0 aromatic heterocycles. The molecule has 0 aromatic carbocycles. The van der Waals surface area contributed by atoms with Crippen LogP contribution in [-0.4, -0.2) is 23.4 Å². The van der Waals surface area contributed by atoms with Gasteiger partial charge >= 0.3 is 0 Å². The summed E-state index contributed by atoms with van der Waals surface area (Å²) in [7, 11) is 0. The first-order chi connectivity index (χ1) is 6.79. The summed E-state index contributed by atoms with van der Waals surface area (Å²) in [5, 5.41) is 18.9. The van der Waals surface area contributed by atoms with Gasteiger partial charge in [0.25, 0.3) is 0 Å². The lowest BCUT2D eigenvalue weighted by molar-refractivity contribution is -0.0284. The van der Waals surface area contributed by atoms with E-state index in [4.69, 9.17) is 0 Å². The van der Waals surface area contributed by atoms with Gasteiger partial charge < -0.3 is 10.2 Å². The molecule has 1 fully saturated rings. The predicted octanol–water partition coefficient (Wildman–Crippen LogP) is 2.34. The van der Waals surface area contributed by atoms with Crippen LogP contribution in [0.5, 0.6) is 0 Å². The summed E-state index contributed by atoms with van der Waals surface area (Å²) in [4.78, 5) is 0. The highest BCUT2D eigenvalue weighted by atomic mass is 16.3. The van der Waals surface area contributed by atoms with Gasteiger partial charge in [-0.05, 0) is 25.2 Å². The summed E-state index contributed by atoms with van der Waals surface area (Å²) in [6.07, 6.45) is 8.27. The fourth-order valence-corrected chi connectivity index (χ4v) is 2.75. The van der Waals surface area contributed by atoms with Crippen LogP contribution in [-0.2, 0) is 0 Å². The molecule has 2 heteroatoms. The van der Waals surface area contributed by atoms with E-state index in [0.29, 0.717) is 5.92 Å². The number of rotatable bonds is 5. The molecule has 1 saturated carbocycles. The van der Waals surface area contributed by atoms with Gasteiger partial charge in [0.05, 0.1) is 13.2 Å². The molecule has 0 aromatic rings. The molecule has 0 heterocycles. The van der Waals surface area contributed by atoms with Gasteiger partial charge in [-0.25, -0.2) is 0 Å². The lowest BCUT2D eigenvalue weighted by Crippen LogP contribution is -2.40. The van der Waals surface area contributed by atoms with Crippen LogP contribution in [0.15, 0.2) is 0 Å². The predicted molar refractivity (Wildman–Crippen MR) is 58.1 cm³/mol. The molecule has 1 rings (SSSR count). The normalized spacial score (nSPS) is 26.4. The Bertz CT molecular complexity index is 152. The van der Waals surface area contributed by atoms with Crippen LogP contribution in [0.4, 0.5) is 0 Å². The van der Waals surface area contributed by atoms with Gasteiger partial charge in [-0.15, -0.1) is 0 Å². The van der Waals surface area contributed by atoms with E-state index >= 15 is 0 Å². The van der Waals surface area contributed by atoms with Crippen molar-refractivity contribution in [1.82, 2.24) is 0 Å². The molecule has 0 bridgehead atoms. The Kier molecular flexibility index (Phi) is 4.90. The number of hydrogen-bond donors (Lipinski definition) is 2. The van der Waals surface area contributed by atoms with E-state index in [-0.39, 0.29) is 18.6 Å². The van der Waals surface area contributed by atoms with Gasteiger partial charge in [0.2, 0.25) is 0 Å². The molecule has 1 atom stereocenters. The van der Waals surface area contributed by atoms with Crippen molar-refractivity contribution >= 4 is 0 Å². The highest BCUT2D eigenvalue weighted by Crippen LogP contribution is 2.43. The topological polar surface area (TPSA) is 40.5 Å². The average Bonchev–Trinajstić information content (AvgIpc) is 2.26. The molecule has 0 spiro atoms. The molecule has 0 aliphatic heterocycles. The Labute approximate surface area is 87.3 Å². The van der Waals surface area contributed by atoms with Gasteiger partial charge in [0.15, 0.2) is 0 Å². The first-order valence-corrected chi connectivity index (χ1v) is 6.01. The molecule has 14 heavy (non-hydrogen) atoms. The Balaban J connectivity index is 2.56. The summed E-state index contributed by atoms with van der Waals surface area (Å²) in [5.41, 5.74) is -0.159.